The van der Waals surface area contributed by atoms with Crippen LogP contribution in [0.5, 0.6) is 0 Å². The standard InChI is InChI=1S/C12H19NS/c1-4-10-7-11(10)13-9(3)12-6-5-8(2)14-12/h5-6,9-11,13H,4,7H2,1-3H3. The molecule has 1 nitrogen and oxygen atoms in total. The van der Waals surface area contributed by atoms with Gasteiger partial charge in [0.05, 0.1) is 0 Å². The van der Waals surface area contributed by atoms with Gasteiger partial charge in [0.15, 0.2) is 0 Å². The summed E-state index contributed by atoms with van der Waals surface area (Å²) in [5, 5.41) is 3.69. The van der Waals surface area contributed by atoms with Gasteiger partial charge < -0.3 is 5.32 Å². The quantitative estimate of drug-likeness (QED) is 0.800. The van der Waals surface area contributed by atoms with Crippen LogP contribution in [-0.2, 0) is 0 Å². The summed E-state index contributed by atoms with van der Waals surface area (Å²) in [4.78, 5) is 2.89. The molecule has 0 aliphatic heterocycles. The zero-order valence-corrected chi connectivity index (χ0v) is 10.0. The zero-order chi connectivity index (χ0) is 10.1. The summed E-state index contributed by atoms with van der Waals surface area (Å²) < 4.78 is 0. The van der Waals surface area contributed by atoms with Crippen molar-refractivity contribution in [1.82, 2.24) is 5.32 Å². The van der Waals surface area contributed by atoms with E-state index in [2.05, 4.69) is 38.2 Å². The van der Waals surface area contributed by atoms with E-state index in [0.29, 0.717) is 6.04 Å². The van der Waals surface area contributed by atoms with Crippen molar-refractivity contribution in [2.45, 2.75) is 45.7 Å². The van der Waals surface area contributed by atoms with Gasteiger partial charge in [-0.2, -0.15) is 0 Å². The molecule has 78 valence electrons. The molecule has 2 rings (SSSR count). The van der Waals surface area contributed by atoms with Crippen molar-refractivity contribution in [2.24, 2.45) is 5.92 Å². The van der Waals surface area contributed by atoms with Crippen LogP contribution in [0.15, 0.2) is 12.1 Å². The van der Waals surface area contributed by atoms with Crippen LogP contribution in [0.4, 0.5) is 0 Å². The number of hydrogen-bond donors (Lipinski definition) is 1. The maximum atomic E-state index is 3.69. The summed E-state index contributed by atoms with van der Waals surface area (Å²) in [7, 11) is 0. The van der Waals surface area contributed by atoms with Crippen LogP contribution >= 0.6 is 11.3 Å². The zero-order valence-electron chi connectivity index (χ0n) is 9.21. The Labute approximate surface area is 90.5 Å². The molecular formula is C12H19NS. The fourth-order valence-corrected chi connectivity index (χ4v) is 2.88. The fraction of sp³-hybridized carbons (Fsp3) is 0.667. The summed E-state index contributed by atoms with van der Waals surface area (Å²) in [6, 6.07) is 5.79. The molecule has 1 saturated carbocycles. The molecule has 3 unspecified atom stereocenters. The van der Waals surface area contributed by atoms with Crippen molar-refractivity contribution in [3.63, 3.8) is 0 Å². The van der Waals surface area contributed by atoms with Gasteiger partial charge >= 0.3 is 0 Å². The average molecular weight is 209 g/mol. The van der Waals surface area contributed by atoms with Gasteiger partial charge in [0, 0.05) is 21.8 Å². The number of thiophene rings is 1. The Hall–Kier alpha value is -0.340. The Morgan fingerprint density at radius 2 is 2.36 bits per heavy atom. The minimum absolute atomic E-state index is 0.537. The van der Waals surface area contributed by atoms with E-state index >= 15 is 0 Å². The Balaban J connectivity index is 1.87. The van der Waals surface area contributed by atoms with Crippen LogP contribution in [0.2, 0.25) is 0 Å². The van der Waals surface area contributed by atoms with Crippen LogP contribution in [-0.4, -0.2) is 6.04 Å². The van der Waals surface area contributed by atoms with Crippen molar-refractivity contribution in [2.75, 3.05) is 0 Å². The Kier molecular flexibility index (Phi) is 2.93. The monoisotopic (exact) mass is 209 g/mol. The molecular weight excluding hydrogens is 190 g/mol. The third-order valence-electron chi connectivity index (χ3n) is 3.10. The van der Waals surface area contributed by atoms with Crippen molar-refractivity contribution < 1.29 is 0 Å². The van der Waals surface area contributed by atoms with E-state index in [-0.39, 0.29) is 0 Å². The normalized spacial score (nSPS) is 27.6. The highest BCUT2D eigenvalue weighted by molar-refractivity contribution is 7.12. The van der Waals surface area contributed by atoms with Gasteiger partial charge in [0.2, 0.25) is 0 Å². The Morgan fingerprint density at radius 1 is 1.57 bits per heavy atom. The van der Waals surface area contributed by atoms with E-state index in [9.17, 15) is 0 Å². The summed E-state index contributed by atoms with van der Waals surface area (Å²) in [5.41, 5.74) is 0. The number of aryl methyl sites for hydroxylation is 1. The SMILES string of the molecule is CCC1CC1NC(C)c1ccc(C)s1. The van der Waals surface area contributed by atoms with Gasteiger partial charge in [-0.25, -0.2) is 0 Å². The molecule has 0 saturated heterocycles. The molecule has 0 spiro atoms. The third kappa shape index (κ3) is 2.18. The summed E-state index contributed by atoms with van der Waals surface area (Å²) >= 11 is 1.91. The van der Waals surface area contributed by atoms with E-state index in [1.165, 1.54) is 22.6 Å². The van der Waals surface area contributed by atoms with Crippen LogP contribution in [0, 0.1) is 12.8 Å². The first kappa shape index (κ1) is 10.2. The van der Waals surface area contributed by atoms with E-state index in [0.717, 1.165) is 12.0 Å². The largest absolute Gasteiger partial charge is 0.306 e. The second kappa shape index (κ2) is 4.03. The summed E-state index contributed by atoms with van der Waals surface area (Å²) in [5.74, 6) is 0.943. The molecule has 0 bridgehead atoms. The molecule has 1 aliphatic rings. The first-order chi connectivity index (χ1) is 6.70. The number of rotatable bonds is 4. The van der Waals surface area contributed by atoms with Crippen LogP contribution < -0.4 is 5.32 Å². The van der Waals surface area contributed by atoms with E-state index in [1.54, 1.807) is 0 Å². The molecule has 1 fully saturated rings. The highest BCUT2D eigenvalue weighted by Gasteiger charge is 2.35. The summed E-state index contributed by atoms with van der Waals surface area (Å²) in [6.07, 6.45) is 2.71. The van der Waals surface area contributed by atoms with Crippen LogP contribution in [0.1, 0.15) is 42.5 Å². The minimum Gasteiger partial charge on any atom is -0.306 e. The topological polar surface area (TPSA) is 12.0 Å². The van der Waals surface area contributed by atoms with Crippen LogP contribution in [0.3, 0.4) is 0 Å². The lowest BCUT2D eigenvalue weighted by atomic mass is 10.2. The van der Waals surface area contributed by atoms with Crippen molar-refractivity contribution in [1.29, 1.82) is 0 Å². The first-order valence-corrected chi connectivity index (χ1v) is 6.34. The lowest BCUT2D eigenvalue weighted by Gasteiger charge is -2.11. The minimum atomic E-state index is 0.537. The van der Waals surface area contributed by atoms with E-state index < -0.39 is 0 Å². The lowest BCUT2D eigenvalue weighted by molar-refractivity contribution is 0.545. The fourth-order valence-electron chi connectivity index (χ4n) is 1.99. The Morgan fingerprint density at radius 3 is 2.86 bits per heavy atom. The number of hydrogen-bond acceptors (Lipinski definition) is 2. The third-order valence-corrected chi connectivity index (χ3v) is 4.28. The molecule has 1 aliphatic carbocycles. The molecule has 0 radical (unpaired) electrons. The van der Waals surface area contributed by atoms with Crippen molar-refractivity contribution >= 4 is 11.3 Å². The molecule has 3 atom stereocenters. The van der Waals surface area contributed by atoms with Gasteiger partial charge in [0.25, 0.3) is 0 Å². The first-order valence-electron chi connectivity index (χ1n) is 5.53. The van der Waals surface area contributed by atoms with Crippen molar-refractivity contribution in [3.05, 3.63) is 21.9 Å². The van der Waals surface area contributed by atoms with Gasteiger partial charge in [0.1, 0.15) is 0 Å². The van der Waals surface area contributed by atoms with E-state index in [4.69, 9.17) is 0 Å². The molecule has 1 N–H and O–H groups in total. The van der Waals surface area contributed by atoms with Crippen LogP contribution in [0.25, 0.3) is 0 Å². The second-order valence-corrected chi connectivity index (χ2v) is 5.67. The highest BCUT2D eigenvalue weighted by Crippen LogP contribution is 2.35. The highest BCUT2D eigenvalue weighted by atomic mass is 32.1. The van der Waals surface area contributed by atoms with E-state index in [1.807, 2.05) is 11.3 Å². The predicted octanol–water partition coefficient (Wildman–Crippen LogP) is 3.51. The average Bonchev–Trinajstić information content (AvgIpc) is 2.77. The predicted molar refractivity (Wildman–Crippen MR) is 62.8 cm³/mol. The molecule has 0 aromatic carbocycles. The molecule has 1 aromatic heterocycles. The van der Waals surface area contributed by atoms with Crippen molar-refractivity contribution in [3.8, 4) is 0 Å². The molecule has 0 amide bonds. The van der Waals surface area contributed by atoms with Gasteiger partial charge in [-0.1, -0.05) is 13.3 Å². The Bertz CT molecular complexity index is 305. The maximum absolute atomic E-state index is 3.69. The smallest absolute Gasteiger partial charge is 0.0388 e. The molecule has 14 heavy (non-hydrogen) atoms. The molecule has 1 heterocycles. The van der Waals surface area contributed by atoms with Gasteiger partial charge in [-0.15, -0.1) is 11.3 Å². The molecule has 2 heteroatoms. The summed E-state index contributed by atoms with van der Waals surface area (Å²) in [6.45, 7) is 6.73. The second-order valence-electron chi connectivity index (χ2n) is 4.35. The lowest BCUT2D eigenvalue weighted by Crippen LogP contribution is -2.21. The van der Waals surface area contributed by atoms with Gasteiger partial charge in [-0.3, -0.25) is 0 Å². The molecule has 1 aromatic rings. The van der Waals surface area contributed by atoms with Gasteiger partial charge in [-0.05, 0) is 38.3 Å². The number of nitrogens with one attached hydrogen (secondary N) is 1. The maximum Gasteiger partial charge on any atom is 0.0388 e.